The van der Waals surface area contributed by atoms with E-state index in [1.807, 2.05) is 6.07 Å². The van der Waals surface area contributed by atoms with Gasteiger partial charge in [0.1, 0.15) is 0 Å². The number of carbonyl (C=O) groups is 1. The molecule has 2 aromatic rings. The lowest BCUT2D eigenvalue weighted by molar-refractivity contribution is 0.0993. The second-order valence-corrected chi connectivity index (χ2v) is 6.21. The molecule has 0 atom stereocenters. The van der Waals surface area contributed by atoms with Gasteiger partial charge in [-0.3, -0.25) is 4.79 Å². The molecule has 20 heavy (non-hydrogen) atoms. The predicted octanol–water partition coefficient (Wildman–Crippen LogP) is 4.50. The van der Waals surface area contributed by atoms with Crippen LogP contribution in [0.5, 0.6) is 11.5 Å². The normalized spacial score (nSPS) is 10.4. The number of hydrogen-bond donors (Lipinski definition) is 0. The molecular weight excluding hydrogens is 319 g/mol. The van der Waals surface area contributed by atoms with Gasteiger partial charge in [-0.25, -0.2) is 0 Å². The molecule has 0 saturated carbocycles. The number of thiophene rings is 1. The Morgan fingerprint density at radius 3 is 2.50 bits per heavy atom. The van der Waals surface area contributed by atoms with Crippen LogP contribution in [-0.4, -0.2) is 20.0 Å². The van der Waals surface area contributed by atoms with E-state index in [0.29, 0.717) is 26.4 Å². The largest absolute Gasteiger partial charge is 0.493 e. The lowest BCUT2D eigenvalue weighted by Gasteiger charge is -2.11. The van der Waals surface area contributed by atoms with Gasteiger partial charge >= 0.3 is 0 Å². The molecule has 106 valence electrons. The Kier molecular flexibility index (Phi) is 4.91. The van der Waals surface area contributed by atoms with Crippen LogP contribution in [-0.2, 0) is 6.42 Å². The number of ketones is 1. The first kappa shape index (κ1) is 15.2. The zero-order chi connectivity index (χ0) is 14.7. The molecule has 0 unspecified atom stereocenters. The number of Topliss-reactive ketones (excluding diaryl/α,β-unsaturated/α-hetero) is 1. The fraction of sp³-hybridized carbons (Fsp3) is 0.214. The van der Waals surface area contributed by atoms with Crippen LogP contribution in [0.25, 0.3) is 0 Å². The standard InChI is InChI=1S/C14H12Cl2O3S/c1-18-12-6-8(5-10(15)14(12)19-2)11(17)7-9-3-4-13(16)20-9/h3-6H,7H2,1-2H3. The molecule has 0 spiro atoms. The Labute approximate surface area is 131 Å². The SMILES string of the molecule is COc1cc(C(=O)Cc2ccc(Cl)s2)cc(Cl)c1OC. The summed E-state index contributed by atoms with van der Waals surface area (Å²) >= 11 is 13.3. The van der Waals surface area contributed by atoms with Gasteiger partial charge in [0.15, 0.2) is 17.3 Å². The maximum Gasteiger partial charge on any atom is 0.179 e. The lowest BCUT2D eigenvalue weighted by atomic mass is 10.1. The summed E-state index contributed by atoms with van der Waals surface area (Å²) in [5.74, 6) is 0.809. The molecule has 0 N–H and O–H groups in total. The van der Waals surface area contributed by atoms with Gasteiger partial charge in [-0.05, 0) is 24.3 Å². The average Bonchev–Trinajstić information content (AvgIpc) is 2.82. The summed E-state index contributed by atoms with van der Waals surface area (Å²) in [5.41, 5.74) is 0.483. The van der Waals surface area contributed by atoms with Crippen LogP contribution in [0.3, 0.4) is 0 Å². The number of rotatable bonds is 5. The fourth-order valence-electron chi connectivity index (χ4n) is 1.79. The van der Waals surface area contributed by atoms with E-state index in [1.165, 1.54) is 25.6 Å². The number of halogens is 2. The molecule has 0 radical (unpaired) electrons. The van der Waals surface area contributed by atoms with Crippen LogP contribution in [0, 0.1) is 0 Å². The topological polar surface area (TPSA) is 35.5 Å². The summed E-state index contributed by atoms with van der Waals surface area (Å²) in [5, 5.41) is 0.347. The zero-order valence-corrected chi connectivity index (χ0v) is 13.2. The third kappa shape index (κ3) is 3.26. The van der Waals surface area contributed by atoms with Crippen LogP contribution >= 0.6 is 34.5 Å². The molecule has 0 bridgehead atoms. The van der Waals surface area contributed by atoms with Gasteiger partial charge in [0, 0.05) is 16.9 Å². The molecule has 0 fully saturated rings. The van der Waals surface area contributed by atoms with Crippen molar-refractivity contribution in [2.75, 3.05) is 14.2 Å². The number of hydrogen-bond acceptors (Lipinski definition) is 4. The molecule has 0 amide bonds. The summed E-state index contributed by atoms with van der Waals surface area (Å²) in [6, 6.07) is 6.83. The molecule has 0 aliphatic rings. The molecular formula is C14H12Cl2O3S. The number of benzene rings is 1. The van der Waals surface area contributed by atoms with Crippen molar-refractivity contribution >= 4 is 40.3 Å². The Balaban J connectivity index is 2.28. The Morgan fingerprint density at radius 2 is 1.95 bits per heavy atom. The molecule has 2 rings (SSSR count). The number of methoxy groups -OCH3 is 2. The van der Waals surface area contributed by atoms with Gasteiger partial charge in [-0.1, -0.05) is 23.2 Å². The van der Waals surface area contributed by atoms with Gasteiger partial charge in [0.25, 0.3) is 0 Å². The minimum atomic E-state index is -0.0497. The summed E-state index contributed by atoms with van der Waals surface area (Å²) in [6.45, 7) is 0. The minimum absolute atomic E-state index is 0.0497. The Hall–Kier alpha value is -1.23. The summed E-state index contributed by atoms with van der Waals surface area (Å²) < 4.78 is 11.0. The molecule has 3 nitrogen and oxygen atoms in total. The summed E-state index contributed by atoms with van der Waals surface area (Å²) in [6.07, 6.45) is 0.281. The van der Waals surface area contributed by atoms with Crippen molar-refractivity contribution in [1.29, 1.82) is 0 Å². The van der Waals surface area contributed by atoms with Crippen LogP contribution in [0.15, 0.2) is 24.3 Å². The average molecular weight is 331 g/mol. The van der Waals surface area contributed by atoms with Gasteiger partial charge in [0.05, 0.1) is 23.6 Å². The first-order valence-electron chi connectivity index (χ1n) is 5.74. The molecule has 1 aromatic carbocycles. The second kappa shape index (κ2) is 6.48. The lowest BCUT2D eigenvalue weighted by Crippen LogP contribution is -2.03. The maximum atomic E-state index is 12.3. The zero-order valence-electron chi connectivity index (χ0n) is 10.9. The van der Waals surface area contributed by atoms with E-state index in [-0.39, 0.29) is 12.2 Å². The summed E-state index contributed by atoms with van der Waals surface area (Å²) in [4.78, 5) is 13.2. The van der Waals surface area contributed by atoms with Crippen LogP contribution in [0.2, 0.25) is 9.36 Å². The van der Waals surface area contributed by atoms with E-state index in [0.717, 1.165) is 4.88 Å². The highest BCUT2D eigenvalue weighted by Gasteiger charge is 2.16. The minimum Gasteiger partial charge on any atom is -0.493 e. The first-order valence-corrected chi connectivity index (χ1v) is 7.31. The smallest absolute Gasteiger partial charge is 0.179 e. The van der Waals surface area contributed by atoms with Gasteiger partial charge in [0.2, 0.25) is 0 Å². The van der Waals surface area contributed by atoms with Gasteiger partial charge in [-0.15, -0.1) is 11.3 Å². The van der Waals surface area contributed by atoms with Crippen molar-refractivity contribution < 1.29 is 14.3 Å². The Morgan fingerprint density at radius 1 is 1.20 bits per heavy atom. The van der Waals surface area contributed by atoms with E-state index in [4.69, 9.17) is 32.7 Å². The molecule has 0 aliphatic heterocycles. The van der Waals surface area contributed by atoms with Crippen LogP contribution in [0.4, 0.5) is 0 Å². The second-order valence-electron chi connectivity index (χ2n) is 4.00. The highest BCUT2D eigenvalue weighted by Crippen LogP contribution is 2.36. The van der Waals surface area contributed by atoms with Crippen molar-refractivity contribution in [2.24, 2.45) is 0 Å². The van der Waals surface area contributed by atoms with Crippen molar-refractivity contribution in [1.82, 2.24) is 0 Å². The molecule has 0 saturated heterocycles. The van der Waals surface area contributed by atoms with E-state index in [9.17, 15) is 4.79 Å². The molecule has 1 aromatic heterocycles. The number of carbonyl (C=O) groups excluding carboxylic acids is 1. The molecule has 6 heteroatoms. The fourth-order valence-corrected chi connectivity index (χ4v) is 3.16. The third-order valence-corrected chi connectivity index (χ3v) is 4.23. The maximum absolute atomic E-state index is 12.3. The highest BCUT2D eigenvalue weighted by molar-refractivity contribution is 7.16. The van der Waals surface area contributed by atoms with E-state index in [2.05, 4.69) is 0 Å². The monoisotopic (exact) mass is 330 g/mol. The summed E-state index contributed by atoms with van der Waals surface area (Å²) in [7, 11) is 3.00. The molecule has 0 aliphatic carbocycles. The quantitative estimate of drug-likeness (QED) is 0.757. The Bertz CT molecular complexity index is 637. The van der Waals surface area contributed by atoms with Crippen molar-refractivity contribution in [2.45, 2.75) is 6.42 Å². The first-order chi connectivity index (χ1) is 9.55. The van der Waals surface area contributed by atoms with E-state index < -0.39 is 0 Å². The predicted molar refractivity (Wildman–Crippen MR) is 81.9 cm³/mol. The van der Waals surface area contributed by atoms with Crippen LogP contribution in [0.1, 0.15) is 15.2 Å². The van der Waals surface area contributed by atoms with E-state index in [1.54, 1.807) is 18.2 Å². The van der Waals surface area contributed by atoms with Crippen molar-refractivity contribution in [3.63, 3.8) is 0 Å². The van der Waals surface area contributed by atoms with Gasteiger partial charge in [-0.2, -0.15) is 0 Å². The third-order valence-electron chi connectivity index (χ3n) is 2.72. The van der Waals surface area contributed by atoms with Crippen molar-refractivity contribution in [3.8, 4) is 11.5 Å². The van der Waals surface area contributed by atoms with Gasteiger partial charge < -0.3 is 9.47 Å². The number of ether oxygens (including phenoxy) is 2. The van der Waals surface area contributed by atoms with Crippen molar-refractivity contribution in [3.05, 3.63) is 44.1 Å². The van der Waals surface area contributed by atoms with Crippen LogP contribution < -0.4 is 9.47 Å². The highest BCUT2D eigenvalue weighted by atomic mass is 35.5. The molecule has 1 heterocycles. The van der Waals surface area contributed by atoms with E-state index >= 15 is 0 Å².